The zero-order valence-corrected chi connectivity index (χ0v) is 18.9. The van der Waals surface area contributed by atoms with E-state index in [0.717, 1.165) is 42.9 Å². The number of nitrogens with zero attached hydrogens (tertiary/aromatic N) is 5. The van der Waals surface area contributed by atoms with Crippen LogP contribution in [0, 0.1) is 11.3 Å². The van der Waals surface area contributed by atoms with Gasteiger partial charge >= 0.3 is 0 Å². The Morgan fingerprint density at radius 3 is 2.81 bits per heavy atom. The lowest BCUT2D eigenvalue weighted by Gasteiger charge is -2.36. The summed E-state index contributed by atoms with van der Waals surface area (Å²) >= 11 is 0. The Morgan fingerprint density at radius 2 is 2.10 bits per heavy atom. The average molecular weight is 450 g/mol. The standard InChI is InChI=1S/C21H29F2N7S/c1-4-31(5-2)29-15-8-14(3)11-30(12-15)20-9-17(26-13-27-20)18-10-25-19(28-18)7-6-16(24)21(22)23/h6-7,9-10,13-15,21,24H,4-5,8,11-12H2,1-3H3,(H,25,28)/b7-6-,24-16?. The number of hydrogen-bond acceptors (Lipinski definition) is 6. The molecule has 168 valence electrons. The second-order valence-corrected chi connectivity index (χ2v) is 9.87. The smallest absolute Gasteiger partial charge is 0.279 e. The highest BCUT2D eigenvalue weighted by molar-refractivity contribution is 7.87. The molecule has 0 bridgehead atoms. The predicted octanol–water partition coefficient (Wildman–Crippen LogP) is 4.22. The number of piperidine rings is 1. The fourth-order valence-electron chi connectivity index (χ4n) is 3.61. The number of halogens is 2. The van der Waals surface area contributed by atoms with Crippen LogP contribution in [0.15, 0.2) is 29.0 Å². The number of aromatic nitrogens is 4. The van der Waals surface area contributed by atoms with Crippen molar-refractivity contribution >= 4 is 28.3 Å². The first-order chi connectivity index (χ1) is 14.9. The zero-order valence-electron chi connectivity index (χ0n) is 18.1. The normalized spacial score (nSPS) is 19.5. The number of allylic oxidation sites excluding steroid dienone is 1. The third-order valence-electron chi connectivity index (χ3n) is 5.11. The molecule has 10 heteroatoms. The van der Waals surface area contributed by atoms with Gasteiger partial charge in [-0.1, -0.05) is 20.8 Å². The van der Waals surface area contributed by atoms with Crippen molar-refractivity contribution < 1.29 is 8.78 Å². The molecule has 1 saturated heterocycles. The highest BCUT2D eigenvalue weighted by Gasteiger charge is 2.26. The molecule has 31 heavy (non-hydrogen) atoms. The maximum Gasteiger partial charge on any atom is 0.279 e. The molecule has 1 fully saturated rings. The van der Waals surface area contributed by atoms with Gasteiger partial charge in [-0.3, -0.25) is 9.77 Å². The summed E-state index contributed by atoms with van der Waals surface area (Å²) in [5.41, 5.74) is 0.585. The maximum atomic E-state index is 12.5. The van der Waals surface area contributed by atoms with Crippen molar-refractivity contribution in [2.45, 2.75) is 39.7 Å². The van der Waals surface area contributed by atoms with Gasteiger partial charge in [0.25, 0.3) is 6.43 Å². The van der Waals surface area contributed by atoms with Crippen molar-refractivity contribution in [3.63, 3.8) is 0 Å². The number of alkyl halides is 2. The lowest BCUT2D eigenvalue weighted by atomic mass is 9.96. The van der Waals surface area contributed by atoms with Crippen LogP contribution in [0.2, 0.25) is 0 Å². The Balaban J connectivity index is 1.77. The van der Waals surface area contributed by atoms with E-state index in [1.165, 1.54) is 12.4 Å². The first-order valence-corrected chi connectivity index (χ1v) is 12.0. The summed E-state index contributed by atoms with van der Waals surface area (Å²) in [5.74, 6) is 3.93. The third kappa shape index (κ3) is 6.25. The SMILES string of the molecule is CCS(CC)=NC1CC(C)CN(c2cc(-c3cnc(/C=C\C(=N)C(F)F)[nH]3)ncn2)C1. The first-order valence-electron chi connectivity index (χ1n) is 10.4. The Labute approximate surface area is 184 Å². The molecule has 2 N–H and O–H groups in total. The highest BCUT2D eigenvalue weighted by Crippen LogP contribution is 2.26. The lowest BCUT2D eigenvalue weighted by molar-refractivity contribution is 0.226. The van der Waals surface area contributed by atoms with Gasteiger partial charge in [-0.25, -0.2) is 23.7 Å². The third-order valence-corrected chi connectivity index (χ3v) is 7.04. The van der Waals surface area contributed by atoms with Crippen LogP contribution < -0.4 is 4.90 Å². The van der Waals surface area contributed by atoms with E-state index in [1.807, 2.05) is 6.07 Å². The van der Waals surface area contributed by atoms with Gasteiger partial charge in [-0.15, -0.1) is 10.7 Å². The molecule has 2 aromatic rings. The number of nitrogens with one attached hydrogen (secondary N) is 2. The van der Waals surface area contributed by atoms with E-state index in [1.54, 1.807) is 6.20 Å². The summed E-state index contributed by atoms with van der Waals surface area (Å²) in [4.78, 5) is 18.3. The van der Waals surface area contributed by atoms with Gasteiger partial charge in [0, 0.05) is 30.7 Å². The van der Waals surface area contributed by atoms with Crippen molar-refractivity contribution in [2.75, 3.05) is 29.5 Å². The number of aromatic amines is 1. The number of H-pyrrole nitrogens is 1. The number of hydrogen-bond donors (Lipinski definition) is 2. The van der Waals surface area contributed by atoms with Crippen molar-refractivity contribution in [1.29, 1.82) is 5.41 Å². The minimum Gasteiger partial charge on any atom is -0.354 e. The summed E-state index contributed by atoms with van der Waals surface area (Å²) in [6, 6.07) is 2.22. The van der Waals surface area contributed by atoms with E-state index in [4.69, 9.17) is 9.77 Å². The molecule has 0 spiro atoms. The molecule has 1 aliphatic heterocycles. The largest absolute Gasteiger partial charge is 0.354 e. The van der Waals surface area contributed by atoms with Gasteiger partial charge in [-0.05, 0) is 24.5 Å². The predicted molar refractivity (Wildman–Crippen MR) is 123 cm³/mol. The van der Waals surface area contributed by atoms with Crippen LogP contribution in [0.1, 0.15) is 33.0 Å². The molecule has 1 aliphatic rings. The number of imidazole rings is 1. The molecule has 2 atom stereocenters. The minimum atomic E-state index is -2.80. The van der Waals surface area contributed by atoms with E-state index in [2.05, 4.69) is 45.6 Å². The molecule has 3 rings (SSSR count). The second-order valence-electron chi connectivity index (χ2n) is 7.58. The molecule has 0 radical (unpaired) electrons. The highest BCUT2D eigenvalue weighted by atomic mass is 32.2. The molecule has 2 aromatic heterocycles. The number of anilines is 1. The van der Waals surface area contributed by atoms with Crippen molar-refractivity contribution in [1.82, 2.24) is 19.9 Å². The van der Waals surface area contributed by atoms with E-state index in [-0.39, 0.29) is 10.7 Å². The van der Waals surface area contributed by atoms with Crippen LogP contribution in [0.25, 0.3) is 17.5 Å². The Kier molecular flexibility index (Phi) is 8.00. The topological polar surface area (TPSA) is 93.9 Å². The van der Waals surface area contributed by atoms with Crippen LogP contribution in [0.4, 0.5) is 14.6 Å². The molecule has 0 aliphatic carbocycles. The second kappa shape index (κ2) is 10.7. The summed E-state index contributed by atoms with van der Waals surface area (Å²) < 4.78 is 30.0. The quantitative estimate of drug-likeness (QED) is 0.590. The zero-order chi connectivity index (χ0) is 22.4. The van der Waals surface area contributed by atoms with Gasteiger partial charge in [0.05, 0.1) is 29.3 Å². The van der Waals surface area contributed by atoms with E-state index in [9.17, 15) is 8.78 Å². The fourth-order valence-corrected chi connectivity index (χ4v) is 4.89. The maximum absolute atomic E-state index is 12.5. The van der Waals surface area contributed by atoms with E-state index >= 15 is 0 Å². The molecule has 0 saturated carbocycles. The molecular weight excluding hydrogens is 420 g/mol. The Hall–Kier alpha value is -2.49. The first kappa shape index (κ1) is 23.2. The fraction of sp³-hybridized carbons (Fsp3) is 0.524. The summed E-state index contributed by atoms with van der Waals surface area (Å²) in [6.45, 7) is 8.40. The monoisotopic (exact) mass is 449 g/mol. The van der Waals surface area contributed by atoms with Gasteiger partial charge in [-0.2, -0.15) is 0 Å². The molecule has 3 heterocycles. The summed E-state index contributed by atoms with van der Waals surface area (Å²) in [6.07, 6.45) is 3.82. The van der Waals surface area contributed by atoms with Crippen LogP contribution in [0.3, 0.4) is 0 Å². The lowest BCUT2D eigenvalue weighted by Crippen LogP contribution is -2.42. The van der Waals surface area contributed by atoms with Gasteiger partial charge in [0.2, 0.25) is 0 Å². The van der Waals surface area contributed by atoms with Crippen LogP contribution >= 0.6 is 0 Å². The van der Waals surface area contributed by atoms with Crippen molar-refractivity contribution in [2.24, 2.45) is 10.3 Å². The Morgan fingerprint density at radius 1 is 1.32 bits per heavy atom. The molecule has 0 amide bonds. The van der Waals surface area contributed by atoms with Crippen LogP contribution in [0.5, 0.6) is 0 Å². The minimum absolute atomic E-state index is 0.122. The van der Waals surface area contributed by atoms with Crippen molar-refractivity contribution in [3.05, 3.63) is 30.5 Å². The summed E-state index contributed by atoms with van der Waals surface area (Å²) in [7, 11) is 0.122. The van der Waals surface area contributed by atoms with Gasteiger partial charge in [0.15, 0.2) is 0 Å². The Bertz CT molecular complexity index is 951. The molecule has 2 unspecified atom stereocenters. The van der Waals surface area contributed by atoms with Crippen LogP contribution in [-0.4, -0.2) is 62.7 Å². The van der Waals surface area contributed by atoms with Gasteiger partial charge in [0.1, 0.15) is 18.0 Å². The van der Waals surface area contributed by atoms with E-state index in [0.29, 0.717) is 29.2 Å². The summed E-state index contributed by atoms with van der Waals surface area (Å²) in [5, 5.41) is 7.19. The molecule has 7 nitrogen and oxygen atoms in total. The molecular formula is C21H29F2N7S. The van der Waals surface area contributed by atoms with Crippen LogP contribution in [-0.2, 0) is 10.7 Å². The van der Waals surface area contributed by atoms with E-state index < -0.39 is 12.1 Å². The van der Waals surface area contributed by atoms with Crippen molar-refractivity contribution in [3.8, 4) is 11.4 Å². The number of rotatable bonds is 8. The molecule has 0 aromatic carbocycles. The van der Waals surface area contributed by atoms with Gasteiger partial charge < -0.3 is 9.88 Å². The average Bonchev–Trinajstić information content (AvgIpc) is 3.24.